The van der Waals surface area contributed by atoms with Crippen molar-refractivity contribution in [3.63, 3.8) is 0 Å². The van der Waals surface area contributed by atoms with Gasteiger partial charge in [-0.1, -0.05) is 36.4 Å². The highest BCUT2D eigenvalue weighted by Gasteiger charge is 2.21. The molecular weight excluding hydrogens is 253 g/mol. The number of halogens is 1. The zero-order valence-electron chi connectivity index (χ0n) is 12.1. The molecule has 0 heterocycles. The van der Waals surface area contributed by atoms with Gasteiger partial charge in [-0.25, -0.2) is 4.39 Å². The van der Waals surface area contributed by atoms with Gasteiger partial charge >= 0.3 is 0 Å². The maximum Gasteiger partial charge on any atom is 0.167 e. The standard InChI is InChI=1S/C17H20FNO/c1-11-7-4-5-9-14(11)17(13(3)19)20-15-10-6-8-12(2)16(15)18/h4-10,13,17H,19H2,1-3H3. The van der Waals surface area contributed by atoms with Crippen LogP contribution in [0.15, 0.2) is 42.5 Å². The highest BCUT2D eigenvalue weighted by atomic mass is 19.1. The van der Waals surface area contributed by atoms with E-state index >= 15 is 0 Å². The van der Waals surface area contributed by atoms with E-state index in [9.17, 15) is 4.39 Å². The van der Waals surface area contributed by atoms with E-state index in [1.807, 2.05) is 38.1 Å². The Bertz CT molecular complexity index is 595. The summed E-state index contributed by atoms with van der Waals surface area (Å²) >= 11 is 0. The van der Waals surface area contributed by atoms with Gasteiger partial charge in [0, 0.05) is 6.04 Å². The van der Waals surface area contributed by atoms with Crippen LogP contribution in [-0.2, 0) is 0 Å². The first-order chi connectivity index (χ1) is 9.50. The molecule has 0 amide bonds. The number of hydrogen-bond donors (Lipinski definition) is 1. The first kappa shape index (κ1) is 14.5. The fraction of sp³-hybridized carbons (Fsp3) is 0.294. The molecule has 106 valence electrons. The Labute approximate surface area is 119 Å². The Morgan fingerprint density at radius 2 is 1.65 bits per heavy atom. The van der Waals surface area contributed by atoms with E-state index in [0.717, 1.165) is 11.1 Å². The van der Waals surface area contributed by atoms with Crippen LogP contribution in [0.25, 0.3) is 0 Å². The summed E-state index contributed by atoms with van der Waals surface area (Å²) in [6.45, 7) is 5.59. The summed E-state index contributed by atoms with van der Waals surface area (Å²) in [5.74, 6) is -0.0812. The van der Waals surface area contributed by atoms with Crippen LogP contribution in [0.2, 0.25) is 0 Å². The molecule has 0 saturated heterocycles. The van der Waals surface area contributed by atoms with Gasteiger partial charge in [-0.15, -0.1) is 0 Å². The summed E-state index contributed by atoms with van der Waals surface area (Å²) in [6.07, 6.45) is -0.368. The van der Waals surface area contributed by atoms with E-state index in [-0.39, 0.29) is 23.7 Å². The lowest BCUT2D eigenvalue weighted by molar-refractivity contribution is 0.171. The molecular formula is C17H20FNO. The number of rotatable bonds is 4. The van der Waals surface area contributed by atoms with Crippen molar-refractivity contribution in [3.05, 3.63) is 65.0 Å². The van der Waals surface area contributed by atoms with Crippen molar-refractivity contribution < 1.29 is 9.13 Å². The molecule has 3 heteroatoms. The van der Waals surface area contributed by atoms with Gasteiger partial charge in [0.15, 0.2) is 11.6 Å². The average molecular weight is 273 g/mol. The van der Waals surface area contributed by atoms with Crippen molar-refractivity contribution >= 4 is 0 Å². The zero-order chi connectivity index (χ0) is 14.7. The molecule has 0 bridgehead atoms. The zero-order valence-corrected chi connectivity index (χ0v) is 12.1. The van der Waals surface area contributed by atoms with Crippen molar-refractivity contribution in [2.45, 2.75) is 32.9 Å². The van der Waals surface area contributed by atoms with Gasteiger partial charge in [0.25, 0.3) is 0 Å². The summed E-state index contributed by atoms with van der Waals surface area (Å²) < 4.78 is 19.9. The molecule has 2 N–H and O–H groups in total. The molecule has 2 nitrogen and oxygen atoms in total. The maximum absolute atomic E-state index is 14.1. The summed E-state index contributed by atoms with van der Waals surface area (Å²) in [5.41, 5.74) is 8.67. The second kappa shape index (κ2) is 6.06. The smallest absolute Gasteiger partial charge is 0.167 e. The van der Waals surface area contributed by atoms with Gasteiger partial charge in [-0.05, 0) is 43.5 Å². The highest BCUT2D eigenvalue weighted by Crippen LogP contribution is 2.29. The second-order valence-corrected chi connectivity index (χ2v) is 5.14. The average Bonchev–Trinajstić information content (AvgIpc) is 2.41. The minimum absolute atomic E-state index is 0.240. The molecule has 20 heavy (non-hydrogen) atoms. The van der Waals surface area contributed by atoms with E-state index < -0.39 is 0 Å². The fourth-order valence-electron chi connectivity index (χ4n) is 2.21. The maximum atomic E-state index is 14.1. The van der Waals surface area contributed by atoms with Crippen LogP contribution in [0.1, 0.15) is 29.7 Å². The van der Waals surface area contributed by atoms with Crippen LogP contribution in [0.4, 0.5) is 4.39 Å². The molecule has 0 aliphatic rings. The summed E-state index contributed by atoms with van der Waals surface area (Å²) in [6, 6.07) is 12.8. The van der Waals surface area contributed by atoms with Gasteiger partial charge < -0.3 is 10.5 Å². The molecule has 0 aliphatic carbocycles. The Morgan fingerprint density at radius 1 is 1.00 bits per heavy atom. The van der Waals surface area contributed by atoms with Crippen LogP contribution in [0, 0.1) is 19.7 Å². The van der Waals surface area contributed by atoms with Crippen molar-refractivity contribution in [3.8, 4) is 5.75 Å². The van der Waals surface area contributed by atoms with Crippen LogP contribution in [0.5, 0.6) is 5.75 Å². The first-order valence-electron chi connectivity index (χ1n) is 6.73. The van der Waals surface area contributed by atoms with Crippen molar-refractivity contribution in [1.29, 1.82) is 0 Å². The molecule has 2 unspecified atom stereocenters. The molecule has 2 atom stereocenters. The third-order valence-electron chi connectivity index (χ3n) is 3.38. The van der Waals surface area contributed by atoms with E-state index in [2.05, 4.69) is 0 Å². The number of hydrogen-bond acceptors (Lipinski definition) is 2. The minimum atomic E-state index is -0.368. The Morgan fingerprint density at radius 3 is 2.30 bits per heavy atom. The fourth-order valence-corrected chi connectivity index (χ4v) is 2.21. The Hall–Kier alpha value is -1.87. The van der Waals surface area contributed by atoms with Crippen LogP contribution < -0.4 is 10.5 Å². The molecule has 2 aromatic rings. The van der Waals surface area contributed by atoms with Crippen LogP contribution in [0.3, 0.4) is 0 Å². The Kier molecular flexibility index (Phi) is 4.40. The van der Waals surface area contributed by atoms with Crippen LogP contribution in [-0.4, -0.2) is 6.04 Å². The topological polar surface area (TPSA) is 35.2 Å². The molecule has 0 aliphatic heterocycles. The number of ether oxygens (including phenoxy) is 1. The lowest BCUT2D eigenvalue weighted by atomic mass is 9.99. The molecule has 0 fully saturated rings. The van der Waals surface area contributed by atoms with Gasteiger partial charge in [-0.3, -0.25) is 0 Å². The number of benzene rings is 2. The van der Waals surface area contributed by atoms with E-state index in [4.69, 9.17) is 10.5 Å². The quantitative estimate of drug-likeness (QED) is 0.916. The summed E-state index contributed by atoms with van der Waals surface area (Å²) in [4.78, 5) is 0. The van der Waals surface area contributed by atoms with Crippen molar-refractivity contribution in [2.24, 2.45) is 5.73 Å². The first-order valence-corrected chi connectivity index (χ1v) is 6.73. The lowest BCUT2D eigenvalue weighted by Gasteiger charge is -2.25. The van der Waals surface area contributed by atoms with Gasteiger partial charge in [-0.2, -0.15) is 0 Å². The van der Waals surface area contributed by atoms with Gasteiger partial charge in [0.1, 0.15) is 6.10 Å². The second-order valence-electron chi connectivity index (χ2n) is 5.14. The van der Waals surface area contributed by atoms with Gasteiger partial charge in [0.2, 0.25) is 0 Å². The number of aryl methyl sites for hydroxylation is 2. The predicted molar refractivity (Wildman–Crippen MR) is 79.3 cm³/mol. The van der Waals surface area contributed by atoms with E-state index in [1.165, 1.54) is 0 Å². The minimum Gasteiger partial charge on any atom is -0.481 e. The highest BCUT2D eigenvalue weighted by molar-refractivity contribution is 5.33. The molecule has 0 spiro atoms. The SMILES string of the molecule is Cc1ccccc1C(Oc1cccc(C)c1F)C(C)N. The van der Waals surface area contributed by atoms with Crippen molar-refractivity contribution in [2.75, 3.05) is 0 Å². The molecule has 0 aromatic heterocycles. The molecule has 2 aromatic carbocycles. The number of nitrogens with two attached hydrogens (primary N) is 1. The Balaban J connectivity index is 2.36. The largest absolute Gasteiger partial charge is 0.481 e. The van der Waals surface area contributed by atoms with Gasteiger partial charge in [0.05, 0.1) is 0 Å². The normalized spacial score (nSPS) is 13.8. The summed E-state index contributed by atoms with van der Waals surface area (Å²) in [7, 11) is 0. The molecule has 0 saturated carbocycles. The van der Waals surface area contributed by atoms with Crippen LogP contribution >= 0.6 is 0 Å². The summed E-state index contributed by atoms with van der Waals surface area (Å²) in [5, 5.41) is 0. The third kappa shape index (κ3) is 2.99. The molecule has 0 radical (unpaired) electrons. The van der Waals surface area contributed by atoms with E-state index in [1.54, 1.807) is 25.1 Å². The predicted octanol–water partition coefficient (Wildman–Crippen LogP) is 3.91. The monoisotopic (exact) mass is 273 g/mol. The lowest BCUT2D eigenvalue weighted by Crippen LogP contribution is -2.29. The third-order valence-corrected chi connectivity index (χ3v) is 3.38. The molecule has 2 rings (SSSR count). The van der Waals surface area contributed by atoms with E-state index in [0.29, 0.717) is 5.56 Å². The van der Waals surface area contributed by atoms with Crippen molar-refractivity contribution in [1.82, 2.24) is 0 Å².